The molecule has 18 heavy (non-hydrogen) atoms. The van der Waals surface area contributed by atoms with Crippen molar-refractivity contribution < 1.29 is 8.42 Å². The van der Waals surface area contributed by atoms with Gasteiger partial charge in [0.2, 0.25) is 0 Å². The molecule has 0 aliphatic carbocycles. The highest BCUT2D eigenvalue weighted by atomic mass is 32.2. The van der Waals surface area contributed by atoms with Gasteiger partial charge in [0, 0.05) is 13.6 Å². The van der Waals surface area contributed by atoms with Gasteiger partial charge in [0.15, 0.2) is 10.8 Å². The Hall–Kier alpha value is -1.12. The molecule has 0 fully saturated rings. The quantitative estimate of drug-likeness (QED) is 0.662. The molecule has 0 aliphatic heterocycles. The van der Waals surface area contributed by atoms with Crippen molar-refractivity contribution in [3.8, 4) is 0 Å². The number of aromatic nitrogens is 2. The summed E-state index contributed by atoms with van der Waals surface area (Å²) in [5, 5.41) is 0.0232. The van der Waals surface area contributed by atoms with Gasteiger partial charge in [-0.05, 0) is 33.5 Å². The van der Waals surface area contributed by atoms with Crippen molar-refractivity contribution in [3.05, 3.63) is 6.33 Å². The molecule has 0 aromatic carbocycles. The number of anilines is 1. The summed E-state index contributed by atoms with van der Waals surface area (Å²) < 4.78 is 27.9. The Kier molecular flexibility index (Phi) is 5.12. The van der Waals surface area contributed by atoms with Gasteiger partial charge in [-0.3, -0.25) is 0 Å². The second-order valence-corrected chi connectivity index (χ2v) is 6.14. The predicted molar refractivity (Wildman–Crippen MR) is 70.6 cm³/mol. The summed E-state index contributed by atoms with van der Waals surface area (Å²) >= 11 is 0. The number of nitrogen functional groups attached to an aromatic ring is 1. The van der Waals surface area contributed by atoms with Gasteiger partial charge in [-0.25, -0.2) is 18.1 Å². The van der Waals surface area contributed by atoms with Crippen LogP contribution in [0.15, 0.2) is 11.4 Å². The second-order valence-electron chi connectivity index (χ2n) is 4.45. The van der Waals surface area contributed by atoms with Crippen LogP contribution in [-0.2, 0) is 17.1 Å². The fourth-order valence-corrected chi connectivity index (χ4v) is 2.90. The van der Waals surface area contributed by atoms with Gasteiger partial charge >= 0.3 is 0 Å². The third-order valence-corrected chi connectivity index (χ3v) is 4.08. The third kappa shape index (κ3) is 3.97. The number of aryl methyl sites for hydroxylation is 1. The molecule has 1 heterocycles. The number of rotatable bonds is 7. The van der Waals surface area contributed by atoms with E-state index in [1.165, 1.54) is 10.9 Å². The van der Waals surface area contributed by atoms with Crippen molar-refractivity contribution in [2.24, 2.45) is 7.05 Å². The zero-order valence-electron chi connectivity index (χ0n) is 11.0. The van der Waals surface area contributed by atoms with E-state index in [4.69, 9.17) is 5.73 Å². The van der Waals surface area contributed by atoms with E-state index in [1.807, 2.05) is 14.1 Å². The van der Waals surface area contributed by atoms with E-state index in [2.05, 4.69) is 14.6 Å². The summed E-state index contributed by atoms with van der Waals surface area (Å²) in [4.78, 5) is 5.83. The molecule has 3 N–H and O–H groups in total. The zero-order chi connectivity index (χ0) is 13.8. The van der Waals surface area contributed by atoms with E-state index in [9.17, 15) is 8.42 Å². The predicted octanol–water partition coefficient (Wildman–Crippen LogP) is -0.378. The number of unbranched alkanes of at least 4 members (excludes halogenated alkanes) is 1. The van der Waals surface area contributed by atoms with Gasteiger partial charge < -0.3 is 15.2 Å². The Labute approximate surface area is 108 Å². The molecular weight excluding hydrogens is 254 g/mol. The van der Waals surface area contributed by atoms with Crippen LogP contribution < -0.4 is 10.5 Å². The Morgan fingerprint density at radius 3 is 2.61 bits per heavy atom. The molecule has 1 rings (SSSR count). The summed E-state index contributed by atoms with van der Waals surface area (Å²) in [6.07, 6.45) is 3.11. The fraction of sp³-hybridized carbons (Fsp3) is 0.700. The third-order valence-electron chi connectivity index (χ3n) is 2.49. The summed E-state index contributed by atoms with van der Waals surface area (Å²) in [6, 6.07) is 0. The number of hydrogen-bond donors (Lipinski definition) is 2. The fourth-order valence-electron chi connectivity index (χ4n) is 1.59. The number of nitrogens with two attached hydrogens (primary N) is 1. The minimum absolute atomic E-state index is 0.0232. The molecular formula is C10H21N5O2S. The molecule has 0 amide bonds. The molecule has 0 aliphatic rings. The Bertz CT molecular complexity index is 461. The van der Waals surface area contributed by atoms with E-state index >= 15 is 0 Å². The number of nitrogens with zero attached hydrogens (tertiary/aromatic N) is 3. The van der Waals surface area contributed by atoms with Gasteiger partial charge in [0.25, 0.3) is 10.0 Å². The van der Waals surface area contributed by atoms with Crippen molar-refractivity contribution in [3.63, 3.8) is 0 Å². The van der Waals surface area contributed by atoms with Crippen molar-refractivity contribution in [1.29, 1.82) is 0 Å². The van der Waals surface area contributed by atoms with E-state index in [0.29, 0.717) is 6.54 Å². The van der Waals surface area contributed by atoms with Crippen molar-refractivity contribution in [2.75, 3.05) is 32.9 Å². The molecule has 104 valence electrons. The van der Waals surface area contributed by atoms with Crippen LogP contribution >= 0.6 is 0 Å². The normalized spacial score (nSPS) is 12.2. The molecule has 0 spiro atoms. The molecule has 0 unspecified atom stereocenters. The topological polar surface area (TPSA) is 93.2 Å². The number of imidazole rings is 1. The van der Waals surface area contributed by atoms with Crippen LogP contribution in [0.4, 0.5) is 5.82 Å². The molecule has 1 aromatic rings. The lowest BCUT2D eigenvalue weighted by Gasteiger charge is -2.10. The highest BCUT2D eigenvalue weighted by Crippen LogP contribution is 2.14. The first-order valence-electron chi connectivity index (χ1n) is 5.76. The maximum atomic E-state index is 12.0. The molecule has 0 saturated heterocycles. The van der Waals surface area contributed by atoms with Crippen molar-refractivity contribution in [1.82, 2.24) is 19.2 Å². The monoisotopic (exact) mass is 275 g/mol. The Balaban J connectivity index is 2.51. The van der Waals surface area contributed by atoms with Crippen molar-refractivity contribution in [2.45, 2.75) is 17.9 Å². The lowest BCUT2D eigenvalue weighted by atomic mass is 10.3. The highest BCUT2D eigenvalue weighted by molar-refractivity contribution is 7.89. The van der Waals surface area contributed by atoms with Gasteiger partial charge in [0.1, 0.15) is 0 Å². The van der Waals surface area contributed by atoms with E-state index < -0.39 is 10.0 Å². The number of sulfonamides is 1. The molecule has 7 nitrogen and oxygen atoms in total. The first kappa shape index (κ1) is 14.9. The van der Waals surface area contributed by atoms with Crippen LogP contribution in [0, 0.1) is 0 Å². The first-order valence-corrected chi connectivity index (χ1v) is 7.24. The van der Waals surface area contributed by atoms with Gasteiger partial charge in [0.05, 0.1) is 6.33 Å². The molecule has 0 radical (unpaired) electrons. The minimum atomic E-state index is -3.57. The summed E-state index contributed by atoms with van der Waals surface area (Å²) in [7, 11) is 2.01. The van der Waals surface area contributed by atoms with E-state index in [1.54, 1.807) is 7.05 Å². The minimum Gasteiger partial charge on any atom is -0.381 e. The smallest absolute Gasteiger partial charge is 0.260 e. The molecule has 0 bridgehead atoms. The van der Waals surface area contributed by atoms with Crippen LogP contribution in [0.1, 0.15) is 12.8 Å². The summed E-state index contributed by atoms with van der Waals surface area (Å²) in [5.74, 6) is 0.0262. The average molecular weight is 275 g/mol. The Morgan fingerprint density at radius 2 is 2.11 bits per heavy atom. The maximum absolute atomic E-state index is 12.0. The zero-order valence-corrected chi connectivity index (χ0v) is 11.9. The number of nitrogens with one attached hydrogen (secondary N) is 1. The van der Waals surface area contributed by atoms with E-state index in [0.717, 1.165) is 19.4 Å². The molecule has 0 saturated carbocycles. The van der Waals surface area contributed by atoms with Gasteiger partial charge in [-0.2, -0.15) is 0 Å². The molecule has 8 heteroatoms. The van der Waals surface area contributed by atoms with Crippen LogP contribution in [0.2, 0.25) is 0 Å². The highest BCUT2D eigenvalue weighted by Gasteiger charge is 2.21. The summed E-state index contributed by atoms with van der Waals surface area (Å²) in [5.41, 5.74) is 5.54. The van der Waals surface area contributed by atoms with Gasteiger partial charge in [-0.15, -0.1) is 0 Å². The van der Waals surface area contributed by atoms with Gasteiger partial charge in [-0.1, -0.05) is 0 Å². The first-order chi connectivity index (χ1) is 8.34. The van der Waals surface area contributed by atoms with Crippen LogP contribution in [0.3, 0.4) is 0 Å². The molecule has 1 aromatic heterocycles. The lowest BCUT2D eigenvalue weighted by Crippen LogP contribution is -2.27. The van der Waals surface area contributed by atoms with Crippen molar-refractivity contribution >= 4 is 15.8 Å². The summed E-state index contributed by atoms with van der Waals surface area (Å²) in [6.45, 7) is 1.34. The second kappa shape index (κ2) is 6.17. The van der Waals surface area contributed by atoms with E-state index in [-0.39, 0.29) is 10.8 Å². The molecule has 0 atom stereocenters. The Morgan fingerprint density at radius 1 is 1.44 bits per heavy atom. The largest absolute Gasteiger partial charge is 0.381 e. The SMILES string of the molecule is CN(C)CCCCNS(=O)(=O)c1c(N)ncn1C. The standard InChI is InChI=1S/C10H21N5O2S/c1-14(2)7-5-4-6-13-18(16,17)10-9(11)12-8-15(10)3/h8,13H,4-7,11H2,1-3H3. The van der Waals surface area contributed by atoms with Crippen LogP contribution in [-0.4, -0.2) is 50.1 Å². The van der Waals surface area contributed by atoms with Crippen LogP contribution in [0.25, 0.3) is 0 Å². The average Bonchev–Trinajstić information content (AvgIpc) is 2.57. The number of hydrogen-bond acceptors (Lipinski definition) is 5. The lowest BCUT2D eigenvalue weighted by molar-refractivity contribution is 0.394. The maximum Gasteiger partial charge on any atom is 0.260 e. The van der Waals surface area contributed by atoms with Crippen LogP contribution in [0.5, 0.6) is 0 Å².